The van der Waals surface area contributed by atoms with Crippen LogP contribution in [-0.4, -0.2) is 53.3 Å². The first-order valence-electron chi connectivity index (χ1n) is 6.31. The molecule has 1 aliphatic carbocycles. The predicted octanol–water partition coefficient (Wildman–Crippen LogP) is 0.812. The molecule has 1 unspecified atom stereocenters. The largest absolute Gasteiger partial charge is 0.480 e. The first-order chi connectivity index (χ1) is 8.47. The van der Waals surface area contributed by atoms with Gasteiger partial charge in [0.05, 0.1) is 6.10 Å². The van der Waals surface area contributed by atoms with Crippen LogP contribution < -0.4 is 5.32 Å². The first-order valence-corrected chi connectivity index (χ1v) is 6.31. The minimum absolute atomic E-state index is 0.112. The molecule has 2 N–H and O–H groups in total. The van der Waals surface area contributed by atoms with Crippen LogP contribution in [0, 0.1) is 0 Å². The van der Waals surface area contributed by atoms with E-state index in [9.17, 15) is 14.7 Å². The zero-order chi connectivity index (χ0) is 13.3. The van der Waals surface area contributed by atoms with Crippen LogP contribution in [0.4, 0.5) is 4.79 Å². The highest BCUT2D eigenvalue weighted by molar-refractivity contribution is 5.86. The van der Waals surface area contributed by atoms with Gasteiger partial charge in [0.25, 0.3) is 0 Å². The molecule has 1 atom stereocenters. The second kappa shape index (κ2) is 4.76. The summed E-state index contributed by atoms with van der Waals surface area (Å²) in [7, 11) is 1.66. The summed E-state index contributed by atoms with van der Waals surface area (Å²) in [4.78, 5) is 24.8. The highest BCUT2D eigenvalue weighted by atomic mass is 16.5. The number of rotatable bonds is 3. The van der Waals surface area contributed by atoms with Crippen molar-refractivity contribution in [3.63, 3.8) is 0 Å². The number of carbonyl (C=O) groups is 2. The number of hydrogen-bond donors (Lipinski definition) is 2. The number of carboxylic acid groups (broad SMARTS) is 1. The maximum atomic E-state index is 12.1. The Morgan fingerprint density at radius 3 is 2.67 bits per heavy atom. The average Bonchev–Trinajstić information content (AvgIpc) is 2.66. The summed E-state index contributed by atoms with van der Waals surface area (Å²) in [5, 5.41) is 12.1. The zero-order valence-electron chi connectivity index (χ0n) is 10.8. The molecule has 0 aromatic carbocycles. The second-order valence-electron chi connectivity index (χ2n) is 5.31. The summed E-state index contributed by atoms with van der Waals surface area (Å²) < 4.78 is 5.14. The lowest BCUT2D eigenvalue weighted by molar-refractivity contribution is -0.147. The van der Waals surface area contributed by atoms with E-state index in [1.807, 2.05) is 0 Å². The summed E-state index contributed by atoms with van der Waals surface area (Å²) in [5.74, 6) is -0.932. The van der Waals surface area contributed by atoms with Crippen LogP contribution in [0.3, 0.4) is 0 Å². The summed E-state index contributed by atoms with van der Waals surface area (Å²) in [5.41, 5.74) is -1.06. The molecule has 6 heteroatoms. The van der Waals surface area contributed by atoms with Gasteiger partial charge in [-0.25, -0.2) is 9.59 Å². The van der Waals surface area contributed by atoms with Crippen LogP contribution in [0.1, 0.15) is 32.6 Å². The number of nitrogens with one attached hydrogen (secondary N) is 1. The van der Waals surface area contributed by atoms with Gasteiger partial charge in [0.15, 0.2) is 0 Å². The Bertz CT molecular complexity index is 354. The number of ether oxygens (including phenoxy) is 1. The molecule has 0 bridgehead atoms. The highest BCUT2D eigenvalue weighted by Gasteiger charge is 2.46. The summed E-state index contributed by atoms with van der Waals surface area (Å²) in [6.07, 6.45) is 3.09. The first kappa shape index (κ1) is 13.1. The molecule has 2 aliphatic rings. The molecule has 0 aromatic heterocycles. The minimum Gasteiger partial charge on any atom is -0.480 e. The van der Waals surface area contributed by atoms with Gasteiger partial charge in [-0.05, 0) is 32.6 Å². The van der Waals surface area contributed by atoms with Gasteiger partial charge in [0, 0.05) is 19.7 Å². The molecule has 1 aliphatic heterocycles. The lowest BCUT2D eigenvalue weighted by atomic mass is 9.89. The van der Waals surface area contributed by atoms with Crippen LogP contribution >= 0.6 is 0 Å². The quantitative estimate of drug-likeness (QED) is 0.783. The predicted molar refractivity (Wildman–Crippen MR) is 64.3 cm³/mol. The number of hydrogen-bond acceptors (Lipinski definition) is 3. The maximum Gasteiger partial charge on any atom is 0.329 e. The molecule has 0 spiro atoms. The number of carboxylic acids is 1. The molecule has 1 saturated heterocycles. The van der Waals surface area contributed by atoms with Crippen molar-refractivity contribution in [1.82, 2.24) is 10.2 Å². The SMILES string of the molecule is COC1CC(NC(=O)N2CCCC2(C)C(=O)O)C1. The van der Waals surface area contributed by atoms with E-state index >= 15 is 0 Å². The Kier molecular flexibility index (Phi) is 3.47. The maximum absolute atomic E-state index is 12.1. The normalized spacial score (nSPS) is 35.1. The highest BCUT2D eigenvalue weighted by Crippen LogP contribution is 2.30. The number of aliphatic carboxylic acids is 1. The molecular weight excluding hydrogens is 236 g/mol. The molecule has 18 heavy (non-hydrogen) atoms. The van der Waals surface area contributed by atoms with Crippen molar-refractivity contribution in [3.05, 3.63) is 0 Å². The van der Waals surface area contributed by atoms with E-state index in [2.05, 4.69) is 5.32 Å². The van der Waals surface area contributed by atoms with E-state index in [-0.39, 0.29) is 18.2 Å². The summed E-state index contributed by atoms with van der Waals surface area (Å²) in [6, 6.07) is -0.155. The van der Waals surface area contributed by atoms with Gasteiger partial charge >= 0.3 is 12.0 Å². The molecule has 2 rings (SSSR count). The van der Waals surface area contributed by atoms with Gasteiger partial charge in [-0.3, -0.25) is 0 Å². The number of methoxy groups -OCH3 is 1. The van der Waals surface area contributed by atoms with Crippen LogP contribution in [0.15, 0.2) is 0 Å². The average molecular weight is 256 g/mol. The fraction of sp³-hybridized carbons (Fsp3) is 0.833. The van der Waals surface area contributed by atoms with Crippen molar-refractivity contribution in [2.24, 2.45) is 0 Å². The van der Waals surface area contributed by atoms with Crippen LogP contribution in [0.2, 0.25) is 0 Å². The van der Waals surface area contributed by atoms with E-state index in [1.54, 1.807) is 14.0 Å². The molecule has 1 heterocycles. The molecule has 0 radical (unpaired) electrons. The van der Waals surface area contributed by atoms with Crippen molar-refractivity contribution in [2.45, 2.75) is 50.3 Å². The second-order valence-corrected chi connectivity index (χ2v) is 5.31. The van der Waals surface area contributed by atoms with Gasteiger partial charge in [0.1, 0.15) is 5.54 Å². The van der Waals surface area contributed by atoms with E-state index in [1.165, 1.54) is 4.90 Å². The van der Waals surface area contributed by atoms with Gasteiger partial charge in [-0.15, -0.1) is 0 Å². The van der Waals surface area contributed by atoms with Gasteiger partial charge in [0.2, 0.25) is 0 Å². The Labute approximate surface area is 106 Å². The molecular formula is C12H20N2O4. The van der Waals surface area contributed by atoms with Crippen molar-refractivity contribution in [3.8, 4) is 0 Å². The minimum atomic E-state index is -1.06. The fourth-order valence-corrected chi connectivity index (χ4v) is 2.64. The Hall–Kier alpha value is -1.30. The Morgan fingerprint density at radius 2 is 2.11 bits per heavy atom. The smallest absolute Gasteiger partial charge is 0.329 e. The number of nitrogens with zero attached hydrogens (tertiary/aromatic N) is 1. The standard InChI is InChI=1S/C12H20N2O4/c1-12(10(15)16)4-3-5-14(12)11(17)13-8-6-9(7-8)18-2/h8-9H,3-7H2,1-2H3,(H,13,17)(H,15,16). The number of likely N-dealkylation sites (tertiary alicyclic amines) is 1. The molecule has 2 amide bonds. The molecule has 2 fully saturated rings. The van der Waals surface area contributed by atoms with E-state index < -0.39 is 11.5 Å². The van der Waals surface area contributed by atoms with Crippen molar-refractivity contribution in [1.29, 1.82) is 0 Å². The number of urea groups is 1. The summed E-state index contributed by atoms with van der Waals surface area (Å²) >= 11 is 0. The van der Waals surface area contributed by atoms with Gasteiger partial charge < -0.3 is 20.1 Å². The van der Waals surface area contributed by atoms with Crippen molar-refractivity contribution < 1.29 is 19.4 Å². The lowest BCUT2D eigenvalue weighted by Gasteiger charge is -2.38. The van der Waals surface area contributed by atoms with E-state index in [0.29, 0.717) is 13.0 Å². The third-order valence-corrected chi connectivity index (χ3v) is 4.10. The molecule has 1 saturated carbocycles. The Morgan fingerprint density at radius 1 is 1.44 bits per heavy atom. The van der Waals surface area contributed by atoms with E-state index in [4.69, 9.17) is 4.74 Å². The fourth-order valence-electron chi connectivity index (χ4n) is 2.64. The Balaban J connectivity index is 1.91. The van der Waals surface area contributed by atoms with Crippen LogP contribution in [0.5, 0.6) is 0 Å². The lowest BCUT2D eigenvalue weighted by Crippen LogP contribution is -2.58. The van der Waals surface area contributed by atoms with Crippen LogP contribution in [0.25, 0.3) is 0 Å². The number of amides is 2. The summed E-state index contributed by atoms with van der Waals surface area (Å²) in [6.45, 7) is 2.12. The topological polar surface area (TPSA) is 78.9 Å². The van der Waals surface area contributed by atoms with Gasteiger partial charge in [-0.2, -0.15) is 0 Å². The third-order valence-electron chi connectivity index (χ3n) is 4.10. The molecule has 6 nitrogen and oxygen atoms in total. The van der Waals surface area contributed by atoms with E-state index in [0.717, 1.165) is 19.3 Å². The monoisotopic (exact) mass is 256 g/mol. The molecule has 0 aromatic rings. The van der Waals surface area contributed by atoms with Crippen molar-refractivity contribution >= 4 is 12.0 Å². The van der Waals surface area contributed by atoms with Gasteiger partial charge in [-0.1, -0.05) is 0 Å². The third kappa shape index (κ3) is 2.16. The molecule has 102 valence electrons. The number of carbonyl (C=O) groups excluding carboxylic acids is 1. The van der Waals surface area contributed by atoms with Crippen molar-refractivity contribution in [2.75, 3.05) is 13.7 Å². The van der Waals surface area contributed by atoms with Crippen LogP contribution in [-0.2, 0) is 9.53 Å². The zero-order valence-corrected chi connectivity index (χ0v) is 10.8.